The molecule has 0 bridgehead atoms. The van der Waals surface area contributed by atoms with Crippen LogP contribution in [0.25, 0.3) is 0 Å². The minimum atomic E-state index is -0.653. The Kier molecular flexibility index (Phi) is 46.6. The van der Waals surface area contributed by atoms with Crippen LogP contribution >= 0.6 is 0 Å². The summed E-state index contributed by atoms with van der Waals surface area (Å²) in [5.74, 6) is -0.653. The molecule has 0 fully saturated rings. The first-order valence-electron chi connectivity index (χ1n) is 20.6. The van der Waals surface area contributed by atoms with Crippen molar-refractivity contribution in [3.63, 3.8) is 0 Å². The Hall–Kier alpha value is -0.730. The minimum Gasteiger partial charge on any atom is -0.481 e. The number of carboxylic acids is 1. The molecule has 0 unspecified atom stereocenters. The van der Waals surface area contributed by atoms with Crippen molar-refractivity contribution in [2.45, 2.75) is 219 Å². The second-order valence-corrected chi connectivity index (χ2v) is 13.6. The van der Waals surface area contributed by atoms with E-state index in [4.69, 9.17) is 25.0 Å². The van der Waals surface area contributed by atoms with Crippen LogP contribution in [-0.2, 0) is 14.5 Å². The fourth-order valence-corrected chi connectivity index (χ4v) is 5.89. The molecule has 7 heteroatoms. The van der Waals surface area contributed by atoms with E-state index in [2.05, 4.69) is 13.8 Å². The molecule has 7 nitrogen and oxygen atoms in total. The van der Waals surface area contributed by atoms with E-state index in [1.165, 1.54) is 185 Å². The topological polar surface area (TPSA) is 99.5 Å². The Bertz CT molecular complexity index is 557. The molecule has 47 heavy (non-hydrogen) atoms. The number of hydroxylamine groups is 2. The van der Waals surface area contributed by atoms with E-state index in [0.29, 0.717) is 13.0 Å². The van der Waals surface area contributed by atoms with Crippen LogP contribution in [-0.4, -0.2) is 59.5 Å². The van der Waals surface area contributed by atoms with Crippen LogP contribution in [0.3, 0.4) is 0 Å². The number of hydrogen-bond donors (Lipinski definition) is 3. The largest absolute Gasteiger partial charge is 0.481 e. The van der Waals surface area contributed by atoms with E-state index in [-0.39, 0.29) is 26.4 Å². The summed E-state index contributed by atoms with van der Waals surface area (Å²) in [6.07, 6.45) is 41.8. The van der Waals surface area contributed by atoms with Crippen molar-refractivity contribution in [3.8, 4) is 0 Å². The van der Waals surface area contributed by atoms with Gasteiger partial charge in [0.2, 0.25) is 0 Å². The van der Waals surface area contributed by atoms with Gasteiger partial charge in [-0.2, -0.15) is 0 Å². The van der Waals surface area contributed by atoms with Crippen LogP contribution in [0.2, 0.25) is 0 Å². The van der Waals surface area contributed by atoms with Gasteiger partial charge in [0.05, 0.1) is 33.0 Å². The van der Waals surface area contributed by atoms with E-state index < -0.39 is 5.97 Å². The quantitative estimate of drug-likeness (QED) is 0.0441. The Morgan fingerprint density at radius 2 is 0.681 bits per heavy atom. The van der Waals surface area contributed by atoms with Gasteiger partial charge in [-0.05, 0) is 12.8 Å². The molecule has 0 aromatic rings. The molecular weight excluding hydrogens is 590 g/mol. The van der Waals surface area contributed by atoms with Crippen molar-refractivity contribution in [1.82, 2.24) is 5.23 Å². The maximum Gasteiger partial charge on any atom is 0.303 e. The molecule has 0 spiro atoms. The van der Waals surface area contributed by atoms with E-state index >= 15 is 0 Å². The van der Waals surface area contributed by atoms with Gasteiger partial charge in [-0.1, -0.05) is 205 Å². The smallest absolute Gasteiger partial charge is 0.303 e. The monoisotopic (exact) mass is 674 g/mol. The molecular formula is C40H83NO6. The number of carbonyl (C=O) groups is 1. The first-order valence-corrected chi connectivity index (χ1v) is 20.6. The second kappa shape index (κ2) is 45.3. The van der Waals surface area contributed by atoms with E-state index in [1.54, 1.807) is 0 Å². The molecule has 0 radical (unpaired) electrons. The standard InChI is InChI=1S/C22H47NO4.C18H36O2/c1-2-3-4-5-6-7-8-9-10-11-12-13-14-15-16-17-18-23(26-21-19-24)27-22-20-25;1-2-3-4-5-6-7-8-9-10-11-12-13-14-15-16-17-18(19)20/h24-25H,2-22H2,1H3;2-17H2,1H3,(H,19,20). The highest BCUT2D eigenvalue weighted by molar-refractivity contribution is 5.66. The highest BCUT2D eigenvalue weighted by atomic mass is 16.9. The number of nitrogens with zero attached hydrogens (tertiary/aromatic N) is 1. The summed E-state index contributed by atoms with van der Waals surface area (Å²) in [6.45, 7) is 5.62. The van der Waals surface area contributed by atoms with Gasteiger partial charge in [0, 0.05) is 6.42 Å². The molecule has 0 saturated carbocycles. The Balaban J connectivity index is 0. The van der Waals surface area contributed by atoms with Gasteiger partial charge >= 0.3 is 5.97 Å². The first-order chi connectivity index (χ1) is 23.1. The zero-order valence-corrected chi connectivity index (χ0v) is 31.7. The van der Waals surface area contributed by atoms with Crippen molar-refractivity contribution in [2.75, 3.05) is 33.0 Å². The Morgan fingerprint density at radius 1 is 0.426 bits per heavy atom. The van der Waals surface area contributed by atoms with Crippen LogP contribution < -0.4 is 0 Å². The fourth-order valence-electron chi connectivity index (χ4n) is 5.89. The van der Waals surface area contributed by atoms with Crippen molar-refractivity contribution in [1.29, 1.82) is 0 Å². The highest BCUT2D eigenvalue weighted by Crippen LogP contribution is 2.15. The predicted octanol–water partition coefficient (Wildman–Crippen LogP) is 11.7. The minimum absolute atomic E-state index is 0.0298. The lowest BCUT2D eigenvalue weighted by molar-refractivity contribution is -0.371. The predicted molar refractivity (Wildman–Crippen MR) is 200 cm³/mol. The van der Waals surface area contributed by atoms with Crippen molar-refractivity contribution in [2.24, 2.45) is 0 Å². The van der Waals surface area contributed by atoms with Gasteiger partial charge in [-0.3, -0.25) is 14.5 Å². The summed E-state index contributed by atoms with van der Waals surface area (Å²) in [4.78, 5) is 20.9. The lowest BCUT2D eigenvalue weighted by atomic mass is 10.0. The fraction of sp³-hybridized carbons (Fsp3) is 0.975. The molecule has 0 aromatic carbocycles. The third-order valence-corrected chi connectivity index (χ3v) is 8.84. The summed E-state index contributed by atoms with van der Waals surface area (Å²) >= 11 is 0. The van der Waals surface area contributed by atoms with Crippen LogP contribution in [0.1, 0.15) is 219 Å². The number of carboxylic acid groups (broad SMARTS) is 1. The SMILES string of the molecule is CCCCCCCCCCCCCCCCCC(=O)O.CCCCCCCCCCCCCCCCCCN(OCCO)OCCO. The highest BCUT2D eigenvalue weighted by Gasteiger charge is 2.05. The third-order valence-electron chi connectivity index (χ3n) is 8.84. The van der Waals surface area contributed by atoms with Gasteiger partial charge in [0.15, 0.2) is 0 Å². The van der Waals surface area contributed by atoms with Crippen LogP contribution in [0.5, 0.6) is 0 Å². The lowest BCUT2D eigenvalue weighted by Crippen LogP contribution is -2.28. The second-order valence-electron chi connectivity index (χ2n) is 13.6. The number of rotatable bonds is 39. The average Bonchev–Trinajstić information content (AvgIpc) is 3.07. The molecule has 0 aliphatic rings. The summed E-state index contributed by atoms with van der Waals surface area (Å²) in [5.41, 5.74) is 0. The number of aliphatic carboxylic acids is 1. The normalized spacial score (nSPS) is 11.3. The molecule has 0 amide bonds. The molecule has 0 aromatic heterocycles. The van der Waals surface area contributed by atoms with E-state index in [0.717, 1.165) is 19.3 Å². The van der Waals surface area contributed by atoms with E-state index in [1.807, 2.05) is 0 Å². The maximum absolute atomic E-state index is 10.3. The zero-order chi connectivity index (χ0) is 34.7. The summed E-state index contributed by atoms with van der Waals surface area (Å²) in [5, 5.41) is 27.5. The summed E-state index contributed by atoms with van der Waals surface area (Å²) < 4.78 is 0. The van der Waals surface area contributed by atoms with Gasteiger partial charge in [-0.25, -0.2) is 0 Å². The van der Waals surface area contributed by atoms with Crippen molar-refractivity contribution >= 4 is 5.97 Å². The molecule has 284 valence electrons. The number of aliphatic hydroxyl groups is 2. The van der Waals surface area contributed by atoms with Crippen molar-refractivity contribution < 1.29 is 29.8 Å². The van der Waals surface area contributed by atoms with E-state index in [9.17, 15) is 4.79 Å². The van der Waals surface area contributed by atoms with Crippen LogP contribution in [0.4, 0.5) is 0 Å². The van der Waals surface area contributed by atoms with Gasteiger partial charge in [0.25, 0.3) is 0 Å². The number of aliphatic hydroxyl groups excluding tert-OH is 2. The molecule has 0 aliphatic heterocycles. The zero-order valence-electron chi connectivity index (χ0n) is 31.7. The molecule has 0 atom stereocenters. The first kappa shape index (κ1) is 48.4. The Labute approximate surface area is 292 Å². The van der Waals surface area contributed by atoms with Gasteiger partial charge in [-0.15, -0.1) is 0 Å². The molecule has 3 N–H and O–H groups in total. The van der Waals surface area contributed by atoms with Gasteiger partial charge < -0.3 is 15.3 Å². The average molecular weight is 674 g/mol. The van der Waals surface area contributed by atoms with Gasteiger partial charge in [0.1, 0.15) is 0 Å². The molecule has 0 saturated heterocycles. The summed E-state index contributed by atoms with van der Waals surface area (Å²) in [6, 6.07) is 0. The molecule has 0 heterocycles. The Morgan fingerprint density at radius 3 is 0.936 bits per heavy atom. The van der Waals surface area contributed by atoms with Crippen molar-refractivity contribution in [3.05, 3.63) is 0 Å². The third kappa shape index (κ3) is 47.4. The number of unbranched alkanes of at least 4 members (excludes halogenated alkanes) is 29. The van der Waals surface area contributed by atoms with Crippen LogP contribution in [0.15, 0.2) is 0 Å². The molecule has 0 rings (SSSR count). The summed E-state index contributed by atoms with van der Waals surface area (Å²) in [7, 11) is 0. The van der Waals surface area contributed by atoms with Crippen LogP contribution in [0, 0.1) is 0 Å². The lowest BCUT2D eigenvalue weighted by Gasteiger charge is -2.20. The number of hydrogen-bond acceptors (Lipinski definition) is 6. The molecule has 0 aliphatic carbocycles. The maximum atomic E-state index is 10.3.